The third-order valence-corrected chi connectivity index (χ3v) is 5.34. The van der Waals surface area contributed by atoms with Crippen molar-refractivity contribution in [3.8, 4) is 0 Å². The molecule has 1 N–H and O–H groups in total. The van der Waals surface area contributed by atoms with Crippen molar-refractivity contribution in [3.63, 3.8) is 0 Å². The molecule has 1 aromatic carbocycles. The number of amides is 1. The summed E-state index contributed by atoms with van der Waals surface area (Å²) in [5.41, 5.74) is 2.75. The molecule has 1 fully saturated rings. The number of fused-ring (bicyclic) bond motifs is 1. The van der Waals surface area contributed by atoms with Gasteiger partial charge in [-0.2, -0.15) is 0 Å². The molecule has 0 atom stereocenters. The van der Waals surface area contributed by atoms with Crippen molar-refractivity contribution < 1.29 is 9.53 Å². The van der Waals surface area contributed by atoms with Crippen molar-refractivity contribution in [2.75, 3.05) is 12.4 Å². The van der Waals surface area contributed by atoms with Gasteiger partial charge in [-0.3, -0.25) is 5.32 Å². The van der Waals surface area contributed by atoms with Crippen LogP contribution < -0.4 is 5.32 Å². The molecule has 142 valence electrons. The normalized spacial score (nSPS) is 16.0. The number of aryl methyl sites for hydroxylation is 1. The molecule has 2 aromatic rings. The van der Waals surface area contributed by atoms with Crippen LogP contribution in [0, 0.1) is 5.92 Å². The molecule has 1 saturated carbocycles. The van der Waals surface area contributed by atoms with Crippen molar-refractivity contribution in [2.45, 2.75) is 71.3 Å². The van der Waals surface area contributed by atoms with E-state index in [2.05, 4.69) is 41.5 Å². The Kier molecular flexibility index (Phi) is 5.54. The van der Waals surface area contributed by atoms with Gasteiger partial charge in [0.15, 0.2) is 0 Å². The lowest BCUT2D eigenvalue weighted by Crippen LogP contribution is -2.20. The van der Waals surface area contributed by atoms with Crippen LogP contribution in [0.1, 0.15) is 65.1 Å². The second kappa shape index (κ2) is 7.68. The number of hydrogen-bond donors (Lipinski definition) is 1. The van der Waals surface area contributed by atoms with Gasteiger partial charge in [0.25, 0.3) is 0 Å². The SMILES string of the molecule is COC(=O)Nc1ccc2c(c1)nc(C(C)(C)C)n2CCC1CCCCC1. The first-order valence-electron chi connectivity index (χ1n) is 9.74. The van der Waals surface area contributed by atoms with E-state index in [1.807, 2.05) is 12.1 Å². The highest BCUT2D eigenvalue weighted by Crippen LogP contribution is 2.31. The van der Waals surface area contributed by atoms with Crippen LogP contribution in [0.2, 0.25) is 0 Å². The van der Waals surface area contributed by atoms with E-state index in [0.29, 0.717) is 5.69 Å². The van der Waals surface area contributed by atoms with Gasteiger partial charge in [0.2, 0.25) is 0 Å². The van der Waals surface area contributed by atoms with Gasteiger partial charge in [-0.1, -0.05) is 52.9 Å². The molecule has 0 aliphatic heterocycles. The molecule has 0 radical (unpaired) electrons. The number of hydrogen-bond acceptors (Lipinski definition) is 3. The monoisotopic (exact) mass is 357 g/mol. The fourth-order valence-corrected chi connectivity index (χ4v) is 3.96. The molecular weight excluding hydrogens is 326 g/mol. The van der Waals surface area contributed by atoms with Crippen molar-refractivity contribution in [3.05, 3.63) is 24.0 Å². The molecule has 1 amide bonds. The number of anilines is 1. The standard InChI is InChI=1S/C21H31N3O2/c1-21(2,3)19-23-17-14-16(22-20(25)26-4)10-11-18(17)24(19)13-12-15-8-6-5-7-9-15/h10-11,14-15H,5-9,12-13H2,1-4H3,(H,22,25). The summed E-state index contributed by atoms with van der Waals surface area (Å²) in [6.07, 6.45) is 7.64. The lowest BCUT2D eigenvalue weighted by atomic mass is 9.87. The van der Waals surface area contributed by atoms with E-state index in [1.165, 1.54) is 45.6 Å². The molecule has 5 nitrogen and oxygen atoms in total. The molecule has 0 spiro atoms. The Morgan fingerprint density at radius 2 is 2.00 bits per heavy atom. The highest BCUT2D eigenvalue weighted by molar-refractivity contribution is 5.89. The van der Waals surface area contributed by atoms with E-state index in [-0.39, 0.29) is 5.41 Å². The lowest BCUT2D eigenvalue weighted by Gasteiger charge is -2.24. The Balaban J connectivity index is 1.89. The Labute approximate surface area is 156 Å². The van der Waals surface area contributed by atoms with Gasteiger partial charge in [0.1, 0.15) is 5.82 Å². The number of rotatable bonds is 4. The average molecular weight is 357 g/mol. The zero-order valence-corrected chi connectivity index (χ0v) is 16.5. The summed E-state index contributed by atoms with van der Waals surface area (Å²) in [5.74, 6) is 1.95. The molecule has 5 heteroatoms. The van der Waals surface area contributed by atoms with Crippen LogP contribution >= 0.6 is 0 Å². The highest BCUT2D eigenvalue weighted by Gasteiger charge is 2.24. The molecule has 0 bridgehead atoms. The maximum absolute atomic E-state index is 11.5. The maximum Gasteiger partial charge on any atom is 0.411 e. The molecule has 0 unspecified atom stereocenters. The third kappa shape index (κ3) is 4.19. The molecule has 26 heavy (non-hydrogen) atoms. The Morgan fingerprint density at radius 3 is 2.65 bits per heavy atom. The fraction of sp³-hybridized carbons (Fsp3) is 0.619. The van der Waals surface area contributed by atoms with Crippen LogP contribution in [0.3, 0.4) is 0 Å². The maximum atomic E-state index is 11.5. The van der Waals surface area contributed by atoms with Gasteiger partial charge in [0, 0.05) is 17.6 Å². The van der Waals surface area contributed by atoms with Crippen molar-refractivity contribution in [2.24, 2.45) is 5.92 Å². The van der Waals surface area contributed by atoms with E-state index >= 15 is 0 Å². The third-order valence-electron chi connectivity index (χ3n) is 5.34. The van der Waals surface area contributed by atoms with E-state index in [4.69, 9.17) is 4.98 Å². The summed E-state index contributed by atoms with van der Waals surface area (Å²) in [7, 11) is 1.37. The Morgan fingerprint density at radius 1 is 1.27 bits per heavy atom. The van der Waals surface area contributed by atoms with Crippen molar-refractivity contribution in [1.82, 2.24) is 9.55 Å². The van der Waals surface area contributed by atoms with Crippen LogP contribution in [0.5, 0.6) is 0 Å². The van der Waals surface area contributed by atoms with Crippen LogP contribution in [0.4, 0.5) is 10.5 Å². The minimum absolute atomic E-state index is 0.0263. The molecule has 0 saturated heterocycles. The van der Waals surface area contributed by atoms with Gasteiger partial charge >= 0.3 is 6.09 Å². The number of ether oxygens (including phenoxy) is 1. The van der Waals surface area contributed by atoms with Gasteiger partial charge in [-0.05, 0) is 30.5 Å². The molecule has 1 aliphatic rings. The number of benzene rings is 1. The number of nitrogens with zero attached hydrogens (tertiary/aromatic N) is 2. The predicted molar refractivity (Wildman–Crippen MR) is 106 cm³/mol. The predicted octanol–water partition coefficient (Wildman–Crippen LogP) is 5.48. The smallest absolute Gasteiger partial charge is 0.411 e. The molecular formula is C21H31N3O2. The number of carbonyl (C=O) groups is 1. The van der Waals surface area contributed by atoms with E-state index < -0.39 is 6.09 Å². The summed E-state index contributed by atoms with van der Waals surface area (Å²) in [6, 6.07) is 5.91. The molecule has 1 aliphatic carbocycles. The van der Waals surface area contributed by atoms with Crippen LogP contribution in [0.15, 0.2) is 18.2 Å². The van der Waals surface area contributed by atoms with Gasteiger partial charge in [0.05, 0.1) is 18.1 Å². The van der Waals surface area contributed by atoms with Crippen molar-refractivity contribution >= 4 is 22.8 Å². The number of imidazole rings is 1. The zero-order chi connectivity index (χ0) is 18.7. The van der Waals surface area contributed by atoms with Crippen molar-refractivity contribution in [1.29, 1.82) is 0 Å². The lowest BCUT2D eigenvalue weighted by molar-refractivity contribution is 0.187. The minimum atomic E-state index is -0.461. The van der Waals surface area contributed by atoms with E-state index in [0.717, 1.165) is 29.3 Å². The number of methoxy groups -OCH3 is 1. The fourth-order valence-electron chi connectivity index (χ4n) is 3.96. The zero-order valence-electron chi connectivity index (χ0n) is 16.5. The second-order valence-corrected chi connectivity index (χ2v) is 8.45. The summed E-state index contributed by atoms with van der Waals surface area (Å²) >= 11 is 0. The number of aromatic nitrogens is 2. The quantitative estimate of drug-likeness (QED) is 0.788. The van der Waals surface area contributed by atoms with E-state index in [1.54, 1.807) is 0 Å². The first-order valence-corrected chi connectivity index (χ1v) is 9.74. The number of nitrogens with one attached hydrogen (secondary N) is 1. The van der Waals surface area contributed by atoms with Gasteiger partial charge in [-0.25, -0.2) is 9.78 Å². The van der Waals surface area contributed by atoms with Gasteiger partial charge < -0.3 is 9.30 Å². The first kappa shape index (κ1) is 18.7. The largest absolute Gasteiger partial charge is 0.453 e. The van der Waals surface area contributed by atoms with Gasteiger partial charge in [-0.15, -0.1) is 0 Å². The summed E-state index contributed by atoms with van der Waals surface area (Å²) < 4.78 is 7.06. The molecule has 1 aromatic heterocycles. The number of carbonyl (C=O) groups excluding carboxylic acids is 1. The first-order chi connectivity index (χ1) is 12.4. The minimum Gasteiger partial charge on any atom is -0.453 e. The van der Waals surface area contributed by atoms with Crippen LogP contribution in [0.25, 0.3) is 11.0 Å². The van der Waals surface area contributed by atoms with Crippen LogP contribution in [-0.4, -0.2) is 22.8 Å². The Bertz CT molecular complexity index is 767. The summed E-state index contributed by atoms with van der Waals surface area (Å²) in [4.78, 5) is 16.4. The highest BCUT2D eigenvalue weighted by atomic mass is 16.5. The summed E-state index contributed by atoms with van der Waals surface area (Å²) in [6.45, 7) is 7.63. The Hall–Kier alpha value is -2.04. The molecule has 3 rings (SSSR count). The van der Waals surface area contributed by atoms with E-state index in [9.17, 15) is 4.79 Å². The summed E-state index contributed by atoms with van der Waals surface area (Å²) in [5, 5.41) is 2.72. The molecule has 1 heterocycles. The van der Waals surface area contributed by atoms with Crippen LogP contribution in [-0.2, 0) is 16.7 Å². The topological polar surface area (TPSA) is 56.1 Å². The second-order valence-electron chi connectivity index (χ2n) is 8.45. The average Bonchev–Trinajstić information content (AvgIpc) is 2.99.